The minimum atomic E-state index is -0.498. The van der Waals surface area contributed by atoms with Crippen LogP contribution >= 0.6 is 23.2 Å². The van der Waals surface area contributed by atoms with Gasteiger partial charge in [0.25, 0.3) is 0 Å². The molecule has 94 valence electrons. The lowest BCUT2D eigenvalue weighted by Gasteiger charge is -2.01. The zero-order valence-corrected chi connectivity index (χ0v) is 11.1. The van der Waals surface area contributed by atoms with Crippen molar-refractivity contribution in [1.29, 1.82) is 0 Å². The van der Waals surface area contributed by atoms with Crippen LogP contribution in [0.3, 0.4) is 0 Å². The molecule has 0 spiro atoms. The molecule has 1 aromatic carbocycles. The molecule has 0 aliphatic heterocycles. The predicted molar refractivity (Wildman–Crippen MR) is 70.1 cm³/mol. The van der Waals surface area contributed by atoms with E-state index in [2.05, 4.69) is 0 Å². The highest BCUT2D eigenvalue weighted by atomic mass is 35.5. The summed E-state index contributed by atoms with van der Waals surface area (Å²) in [6.45, 7) is 2.03. The summed E-state index contributed by atoms with van der Waals surface area (Å²) in [5.74, 6) is 0.121. The smallest absolute Gasteiger partial charge is 0.374 e. The molecule has 1 heterocycles. The lowest BCUT2D eigenvalue weighted by molar-refractivity contribution is 0.0491. The highest BCUT2D eigenvalue weighted by molar-refractivity contribution is 6.35. The number of hydrogen-bond donors (Lipinski definition) is 0. The van der Waals surface area contributed by atoms with Crippen LogP contribution in [0.15, 0.2) is 34.7 Å². The Balaban J connectivity index is 2.35. The fourth-order valence-corrected chi connectivity index (χ4v) is 1.86. The van der Waals surface area contributed by atoms with Gasteiger partial charge in [0, 0.05) is 10.6 Å². The average molecular weight is 285 g/mol. The predicted octanol–water partition coefficient (Wildman–Crippen LogP) is 4.43. The average Bonchev–Trinajstić information content (AvgIpc) is 2.82. The second kappa shape index (κ2) is 5.46. The Morgan fingerprint density at radius 2 is 2.06 bits per heavy atom. The van der Waals surface area contributed by atoms with E-state index in [-0.39, 0.29) is 5.76 Å². The maximum absolute atomic E-state index is 11.5. The van der Waals surface area contributed by atoms with Crippen molar-refractivity contribution in [3.05, 3.63) is 46.1 Å². The van der Waals surface area contributed by atoms with Crippen molar-refractivity contribution < 1.29 is 13.9 Å². The summed E-state index contributed by atoms with van der Waals surface area (Å²) >= 11 is 11.9. The third-order valence-electron chi connectivity index (χ3n) is 2.28. The molecule has 0 radical (unpaired) electrons. The highest BCUT2D eigenvalue weighted by Gasteiger charge is 2.14. The molecule has 0 fully saturated rings. The van der Waals surface area contributed by atoms with E-state index >= 15 is 0 Å². The Morgan fingerprint density at radius 1 is 1.28 bits per heavy atom. The standard InChI is InChI=1S/C13H10Cl2O3/c1-2-17-13(16)12-6-5-11(18-12)9-7-8(14)3-4-10(9)15/h3-7H,2H2,1H3. The molecule has 3 nitrogen and oxygen atoms in total. The summed E-state index contributed by atoms with van der Waals surface area (Å²) in [7, 11) is 0. The van der Waals surface area contributed by atoms with Crippen LogP contribution in [0.4, 0.5) is 0 Å². The normalized spacial score (nSPS) is 10.4. The van der Waals surface area contributed by atoms with Crippen molar-refractivity contribution in [1.82, 2.24) is 0 Å². The molecule has 2 rings (SSSR count). The Morgan fingerprint density at radius 3 is 2.78 bits per heavy atom. The van der Waals surface area contributed by atoms with E-state index < -0.39 is 5.97 Å². The molecule has 0 bridgehead atoms. The van der Waals surface area contributed by atoms with E-state index in [9.17, 15) is 4.79 Å². The zero-order valence-electron chi connectivity index (χ0n) is 9.57. The molecular weight excluding hydrogens is 275 g/mol. The van der Waals surface area contributed by atoms with Crippen molar-refractivity contribution in [3.8, 4) is 11.3 Å². The molecule has 0 amide bonds. The van der Waals surface area contributed by atoms with Crippen molar-refractivity contribution in [2.75, 3.05) is 6.61 Å². The number of ether oxygens (including phenoxy) is 1. The van der Waals surface area contributed by atoms with E-state index in [1.54, 1.807) is 37.3 Å². The van der Waals surface area contributed by atoms with Crippen LogP contribution in [-0.2, 0) is 4.74 Å². The van der Waals surface area contributed by atoms with Crippen LogP contribution < -0.4 is 0 Å². The number of carbonyl (C=O) groups is 1. The van der Waals surface area contributed by atoms with E-state index in [1.807, 2.05) is 0 Å². The Hall–Kier alpha value is -1.45. The largest absolute Gasteiger partial charge is 0.460 e. The highest BCUT2D eigenvalue weighted by Crippen LogP contribution is 2.31. The quantitative estimate of drug-likeness (QED) is 0.783. The van der Waals surface area contributed by atoms with E-state index in [0.29, 0.717) is 28.0 Å². The number of halogens is 2. The Kier molecular flexibility index (Phi) is 3.94. The summed E-state index contributed by atoms with van der Waals surface area (Å²) in [5.41, 5.74) is 0.639. The van der Waals surface area contributed by atoms with Gasteiger partial charge in [-0.15, -0.1) is 0 Å². The molecule has 0 aliphatic rings. The summed E-state index contributed by atoms with van der Waals surface area (Å²) in [6, 6.07) is 8.24. The van der Waals surface area contributed by atoms with Gasteiger partial charge in [0.05, 0.1) is 11.6 Å². The second-order valence-corrected chi connectivity index (χ2v) is 4.35. The first-order valence-corrected chi connectivity index (χ1v) is 6.09. The lowest BCUT2D eigenvalue weighted by atomic mass is 10.2. The van der Waals surface area contributed by atoms with E-state index in [0.717, 1.165) is 0 Å². The van der Waals surface area contributed by atoms with Crippen LogP contribution in [0.25, 0.3) is 11.3 Å². The van der Waals surface area contributed by atoms with Gasteiger partial charge in [-0.25, -0.2) is 4.79 Å². The fraction of sp³-hybridized carbons (Fsp3) is 0.154. The van der Waals surface area contributed by atoms with Crippen LogP contribution in [0.2, 0.25) is 10.0 Å². The van der Waals surface area contributed by atoms with Gasteiger partial charge in [-0.2, -0.15) is 0 Å². The first-order valence-electron chi connectivity index (χ1n) is 5.34. The summed E-state index contributed by atoms with van der Waals surface area (Å²) in [5, 5.41) is 1.05. The molecule has 5 heteroatoms. The van der Waals surface area contributed by atoms with Crippen LogP contribution in [0.5, 0.6) is 0 Å². The molecule has 18 heavy (non-hydrogen) atoms. The van der Waals surface area contributed by atoms with Crippen molar-refractivity contribution >= 4 is 29.2 Å². The van der Waals surface area contributed by atoms with Gasteiger partial charge in [-0.05, 0) is 37.3 Å². The monoisotopic (exact) mass is 284 g/mol. The molecular formula is C13H10Cl2O3. The van der Waals surface area contributed by atoms with Crippen molar-refractivity contribution in [2.45, 2.75) is 6.92 Å². The lowest BCUT2D eigenvalue weighted by Crippen LogP contribution is -2.02. The van der Waals surface area contributed by atoms with Gasteiger partial charge < -0.3 is 9.15 Å². The molecule has 0 atom stereocenters. The van der Waals surface area contributed by atoms with Gasteiger partial charge in [0.2, 0.25) is 5.76 Å². The van der Waals surface area contributed by atoms with Gasteiger partial charge in [0.15, 0.2) is 0 Å². The molecule has 0 aliphatic carbocycles. The third-order valence-corrected chi connectivity index (χ3v) is 2.84. The third kappa shape index (κ3) is 2.68. The topological polar surface area (TPSA) is 39.4 Å². The maximum Gasteiger partial charge on any atom is 0.374 e. The first-order chi connectivity index (χ1) is 8.61. The Bertz CT molecular complexity index is 575. The van der Waals surface area contributed by atoms with Gasteiger partial charge >= 0.3 is 5.97 Å². The number of rotatable bonds is 3. The van der Waals surface area contributed by atoms with Gasteiger partial charge in [-0.3, -0.25) is 0 Å². The fourth-order valence-electron chi connectivity index (χ4n) is 1.48. The number of benzene rings is 1. The zero-order chi connectivity index (χ0) is 13.1. The van der Waals surface area contributed by atoms with E-state index in [1.165, 1.54) is 0 Å². The molecule has 0 saturated heterocycles. The molecule has 2 aromatic rings. The number of hydrogen-bond acceptors (Lipinski definition) is 3. The summed E-state index contributed by atoms with van der Waals surface area (Å²) in [4.78, 5) is 11.5. The van der Waals surface area contributed by atoms with Crippen molar-refractivity contribution in [2.24, 2.45) is 0 Å². The van der Waals surface area contributed by atoms with Gasteiger partial charge in [0.1, 0.15) is 5.76 Å². The first kappa shape index (κ1) is 13.0. The molecule has 0 saturated carbocycles. The van der Waals surface area contributed by atoms with Crippen LogP contribution in [0.1, 0.15) is 17.5 Å². The molecule has 0 N–H and O–H groups in total. The van der Waals surface area contributed by atoms with Gasteiger partial charge in [-0.1, -0.05) is 23.2 Å². The molecule has 0 unspecified atom stereocenters. The maximum atomic E-state index is 11.5. The number of furan rings is 1. The summed E-state index contributed by atoms with van der Waals surface area (Å²) < 4.78 is 10.2. The minimum Gasteiger partial charge on any atom is -0.460 e. The minimum absolute atomic E-state index is 0.142. The van der Waals surface area contributed by atoms with Crippen LogP contribution in [0, 0.1) is 0 Å². The Labute approximate surface area is 114 Å². The number of carbonyl (C=O) groups excluding carboxylic acids is 1. The number of esters is 1. The molecule has 1 aromatic heterocycles. The van der Waals surface area contributed by atoms with E-state index in [4.69, 9.17) is 32.4 Å². The summed E-state index contributed by atoms with van der Waals surface area (Å²) in [6.07, 6.45) is 0. The second-order valence-electron chi connectivity index (χ2n) is 3.51. The SMILES string of the molecule is CCOC(=O)c1ccc(-c2cc(Cl)ccc2Cl)o1. The van der Waals surface area contributed by atoms with Crippen LogP contribution in [-0.4, -0.2) is 12.6 Å². The van der Waals surface area contributed by atoms with Crippen molar-refractivity contribution in [3.63, 3.8) is 0 Å².